The van der Waals surface area contributed by atoms with Gasteiger partial charge in [-0.05, 0) is 30.3 Å². The largest absolute Gasteiger partial charge is 0.438 e. The molecule has 1 heterocycles. The molecular formula is C12H9F3N2O4S. The summed E-state index contributed by atoms with van der Waals surface area (Å²) in [6.45, 7) is 0. The van der Waals surface area contributed by atoms with E-state index in [1.54, 1.807) is 0 Å². The lowest BCUT2D eigenvalue weighted by molar-refractivity contribution is -0.137. The van der Waals surface area contributed by atoms with Gasteiger partial charge in [-0.2, -0.15) is 13.2 Å². The number of amides is 1. The molecule has 3 N–H and O–H groups in total. The highest BCUT2D eigenvalue weighted by Crippen LogP contribution is 2.30. The van der Waals surface area contributed by atoms with Crippen molar-refractivity contribution in [1.82, 2.24) is 0 Å². The van der Waals surface area contributed by atoms with E-state index in [-0.39, 0.29) is 5.69 Å². The summed E-state index contributed by atoms with van der Waals surface area (Å²) in [5.74, 6) is -1.31. The van der Waals surface area contributed by atoms with E-state index >= 15 is 0 Å². The minimum Gasteiger partial charge on any atom is -0.438 e. The van der Waals surface area contributed by atoms with Gasteiger partial charge in [-0.25, -0.2) is 13.6 Å². The quantitative estimate of drug-likeness (QED) is 0.898. The van der Waals surface area contributed by atoms with Crippen molar-refractivity contribution in [3.05, 3.63) is 47.7 Å². The summed E-state index contributed by atoms with van der Waals surface area (Å²) in [5.41, 5.74) is -1.05. The van der Waals surface area contributed by atoms with Crippen molar-refractivity contribution in [1.29, 1.82) is 0 Å². The number of nitrogens with one attached hydrogen (secondary N) is 1. The molecule has 10 heteroatoms. The number of primary sulfonamides is 1. The van der Waals surface area contributed by atoms with Crippen LogP contribution in [0.4, 0.5) is 18.9 Å². The summed E-state index contributed by atoms with van der Waals surface area (Å²) in [6, 6.07) is 5.97. The van der Waals surface area contributed by atoms with Crippen LogP contribution < -0.4 is 10.5 Å². The lowest BCUT2D eigenvalue weighted by atomic mass is 10.2. The fourth-order valence-corrected chi connectivity index (χ4v) is 2.02. The molecule has 0 atom stereocenters. The molecule has 0 aliphatic rings. The molecule has 0 unspecified atom stereocenters. The Hall–Kier alpha value is -2.33. The van der Waals surface area contributed by atoms with Crippen molar-refractivity contribution >= 4 is 21.6 Å². The van der Waals surface area contributed by atoms with Crippen molar-refractivity contribution in [2.45, 2.75) is 11.3 Å². The SMILES string of the molecule is NS(=O)(=O)c1ccc(C(=O)Nc2cccc(C(F)(F)F)c2)o1. The Kier molecular flexibility index (Phi) is 3.98. The molecule has 0 radical (unpaired) electrons. The molecule has 1 aromatic carbocycles. The van der Waals surface area contributed by atoms with Crippen LogP contribution in [0, 0.1) is 0 Å². The second-order valence-corrected chi connectivity index (χ2v) is 5.69. The number of hydrogen-bond donors (Lipinski definition) is 2. The molecule has 0 fully saturated rings. The number of carbonyl (C=O) groups excluding carboxylic acids is 1. The highest BCUT2D eigenvalue weighted by atomic mass is 32.2. The van der Waals surface area contributed by atoms with Gasteiger partial charge in [-0.1, -0.05) is 6.07 Å². The number of rotatable bonds is 3. The van der Waals surface area contributed by atoms with E-state index in [2.05, 4.69) is 5.32 Å². The van der Waals surface area contributed by atoms with Crippen LogP contribution in [0.15, 0.2) is 45.9 Å². The second-order valence-electron chi connectivity index (χ2n) is 4.20. The van der Waals surface area contributed by atoms with Gasteiger partial charge in [0.2, 0.25) is 5.09 Å². The van der Waals surface area contributed by atoms with E-state index in [1.807, 2.05) is 0 Å². The highest BCUT2D eigenvalue weighted by molar-refractivity contribution is 7.89. The molecule has 1 amide bonds. The first-order chi connectivity index (χ1) is 10.1. The van der Waals surface area contributed by atoms with Gasteiger partial charge in [0.25, 0.3) is 15.9 Å². The predicted octanol–water partition coefficient (Wildman–Crippen LogP) is 2.20. The molecule has 6 nitrogen and oxygen atoms in total. The molecule has 2 rings (SSSR count). The summed E-state index contributed by atoms with van der Waals surface area (Å²) in [4.78, 5) is 11.8. The average Bonchev–Trinajstić information content (AvgIpc) is 2.87. The molecule has 0 aliphatic carbocycles. The molecular weight excluding hydrogens is 325 g/mol. The molecule has 0 aliphatic heterocycles. The fourth-order valence-electron chi connectivity index (χ4n) is 1.56. The van der Waals surface area contributed by atoms with Gasteiger partial charge in [0.1, 0.15) is 0 Å². The fraction of sp³-hybridized carbons (Fsp3) is 0.0833. The van der Waals surface area contributed by atoms with Crippen LogP contribution >= 0.6 is 0 Å². The first-order valence-electron chi connectivity index (χ1n) is 5.68. The van der Waals surface area contributed by atoms with E-state index in [9.17, 15) is 26.4 Å². The van der Waals surface area contributed by atoms with Gasteiger partial charge < -0.3 is 9.73 Å². The van der Waals surface area contributed by atoms with Crippen molar-refractivity contribution in [2.24, 2.45) is 5.14 Å². The summed E-state index contributed by atoms with van der Waals surface area (Å²) < 4.78 is 64.4. The van der Waals surface area contributed by atoms with E-state index in [1.165, 1.54) is 6.07 Å². The smallest absolute Gasteiger partial charge is 0.416 e. The number of alkyl halides is 3. The Morgan fingerprint density at radius 2 is 1.86 bits per heavy atom. The molecule has 1 aromatic heterocycles. The Balaban J connectivity index is 2.21. The summed E-state index contributed by atoms with van der Waals surface area (Å²) in [5, 5.41) is 6.36. The normalized spacial score (nSPS) is 12.2. The third-order valence-corrected chi connectivity index (χ3v) is 3.31. The van der Waals surface area contributed by atoms with Crippen LogP contribution in [0.3, 0.4) is 0 Å². The number of benzene rings is 1. The van der Waals surface area contributed by atoms with Crippen molar-refractivity contribution < 1.29 is 30.8 Å². The number of carbonyl (C=O) groups is 1. The standard InChI is InChI=1S/C12H9F3N2O4S/c13-12(14,15)7-2-1-3-8(6-7)17-11(18)9-4-5-10(21-9)22(16,19)20/h1-6H,(H,17,18)(H2,16,19,20). The Labute approximate surface area is 122 Å². The highest BCUT2D eigenvalue weighted by Gasteiger charge is 2.30. The van der Waals surface area contributed by atoms with E-state index in [0.717, 1.165) is 30.3 Å². The summed E-state index contributed by atoms with van der Waals surface area (Å²) in [7, 11) is -4.11. The second kappa shape index (κ2) is 5.46. The Morgan fingerprint density at radius 3 is 2.41 bits per heavy atom. The number of hydrogen-bond acceptors (Lipinski definition) is 4. The zero-order valence-corrected chi connectivity index (χ0v) is 11.5. The minimum absolute atomic E-state index is 0.117. The predicted molar refractivity (Wildman–Crippen MR) is 69.5 cm³/mol. The maximum absolute atomic E-state index is 12.6. The van der Waals surface area contributed by atoms with Crippen LogP contribution in [-0.2, 0) is 16.2 Å². The van der Waals surface area contributed by atoms with Gasteiger partial charge >= 0.3 is 6.18 Å². The zero-order chi connectivity index (χ0) is 16.5. The molecule has 0 saturated heterocycles. The third-order valence-electron chi connectivity index (χ3n) is 2.53. The number of halogens is 3. The van der Waals surface area contributed by atoms with Crippen LogP contribution in [-0.4, -0.2) is 14.3 Å². The average molecular weight is 334 g/mol. The molecule has 22 heavy (non-hydrogen) atoms. The number of nitrogens with two attached hydrogens (primary N) is 1. The summed E-state index contributed by atoms with van der Waals surface area (Å²) >= 11 is 0. The molecule has 0 bridgehead atoms. The zero-order valence-electron chi connectivity index (χ0n) is 10.7. The van der Waals surface area contributed by atoms with E-state index in [4.69, 9.17) is 9.56 Å². The Morgan fingerprint density at radius 1 is 1.18 bits per heavy atom. The van der Waals surface area contributed by atoms with Gasteiger partial charge in [0.15, 0.2) is 5.76 Å². The lowest BCUT2D eigenvalue weighted by Gasteiger charge is -2.09. The number of furan rings is 1. The van der Waals surface area contributed by atoms with Crippen molar-refractivity contribution in [3.63, 3.8) is 0 Å². The first kappa shape index (κ1) is 16.0. The van der Waals surface area contributed by atoms with Crippen molar-refractivity contribution in [3.8, 4) is 0 Å². The summed E-state index contributed by atoms with van der Waals surface area (Å²) in [6.07, 6.45) is -4.55. The van der Waals surface area contributed by atoms with Crippen LogP contribution in [0.5, 0.6) is 0 Å². The topological polar surface area (TPSA) is 102 Å². The van der Waals surface area contributed by atoms with Crippen LogP contribution in [0.1, 0.15) is 16.1 Å². The number of sulfonamides is 1. The molecule has 0 saturated carbocycles. The van der Waals surface area contributed by atoms with E-state index < -0.39 is 38.5 Å². The maximum atomic E-state index is 12.6. The van der Waals surface area contributed by atoms with Crippen molar-refractivity contribution in [2.75, 3.05) is 5.32 Å². The first-order valence-corrected chi connectivity index (χ1v) is 7.23. The monoisotopic (exact) mass is 334 g/mol. The van der Waals surface area contributed by atoms with Gasteiger partial charge in [-0.15, -0.1) is 0 Å². The molecule has 118 valence electrons. The number of anilines is 1. The van der Waals surface area contributed by atoms with Crippen LogP contribution in [0.2, 0.25) is 0 Å². The van der Waals surface area contributed by atoms with Gasteiger partial charge in [0.05, 0.1) is 5.56 Å². The molecule has 2 aromatic rings. The minimum atomic E-state index is -4.55. The van der Waals surface area contributed by atoms with E-state index in [0.29, 0.717) is 0 Å². The molecule has 0 spiro atoms. The third kappa shape index (κ3) is 3.65. The van der Waals surface area contributed by atoms with Gasteiger partial charge in [-0.3, -0.25) is 4.79 Å². The maximum Gasteiger partial charge on any atom is 0.416 e. The lowest BCUT2D eigenvalue weighted by Crippen LogP contribution is -2.13. The van der Waals surface area contributed by atoms with Gasteiger partial charge in [0, 0.05) is 5.69 Å². The van der Waals surface area contributed by atoms with Crippen LogP contribution in [0.25, 0.3) is 0 Å². The Bertz CT molecular complexity index is 812.